The van der Waals surface area contributed by atoms with Crippen molar-refractivity contribution in [3.05, 3.63) is 59.1 Å². The highest BCUT2D eigenvalue weighted by Crippen LogP contribution is 2.20. The minimum absolute atomic E-state index is 0.543. The third kappa shape index (κ3) is 3.45. The summed E-state index contributed by atoms with van der Waals surface area (Å²) in [5.74, 6) is 0. The molecular weight excluding hydrogens is 264 g/mol. The van der Waals surface area contributed by atoms with Crippen molar-refractivity contribution < 1.29 is 0 Å². The van der Waals surface area contributed by atoms with Gasteiger partial charge in [0.1, 0.15) is 0 Å². The van der Waals surface area contributed by atoms with Crippen LogP contribution in [0.15, 0.2) is 48.5 Å². The predicted molar refractivity (Wildman–Crippen MR) is 82.5 cm³/mol. The molecule has 0 spiro atoms. The average molecular weight is 277 g/mol. The van der Waals surface area contributed by atoms with Crippen LogP contribution in [-0.4, -0.2) is 5.11 Å². The van der Waals surface area contributed by atoms with E-state index in [0.717, 1.165) is 22.0 Å². The van der Waals surface area contributed by atoms with Crippen LogP contribution in [0.4, 0.5) is 11.4 Å². The zero-order chi connectivity index (χ0) is 13.0. The first-order chi connectivity index (χ1) is 8.65. The molecule has 0 bridgehead atoms. The molecule has 0 fully saturated rings. The Morgan fingerprint density at radius 2 is 1.67 bits per heavy atom. The highest BCUT2D eigenvalue weighted by atomic mass is 35.5. The highest BCUT2D eigenvalue weighted by Gasteiger charge is 2.00. The number of para-hydroxylation sites is 1. The van der Waals surface area contributed by atoms with Crippen LogP contribution in [0.3, 0.4) is 0 Å². The molecule has 2 N–H and O–H groups in total. The molecule has 0 atom stereocenters. The molecule has 0 aromatic heterocycles. The molecule has 18 heavy (non-hydrogen) atoms. The minimum atomic E-state index is 0.543. The Balaban J connectivity index is 2.01. The van der Waals surface area contributed by atoms with Crippen molar-refractivity contribution in [2.75, 3.05) is 10.6 Å². The standard InChI is InChI=1S/C14H13ClN2S/c1-10-7-8-12(9-13(10)15)17-14(18)16-11-5-3-2-4-6-11/h2-9H,1H3,(H2,16,17,18). The molecule has 0 aliphatic heterocycles. The van der Waals surface area contributed by atoms with Crippen molar-refractivity contribution in [2.24, 2.45) is 0 Å². The normalized spacial score (nSPS) is 9.89. The first-order valence-corrected chi connectivity index (χ1v) is 6.33. The summed E-state index contributed by atoms with van der Waals surface area (Å²) in [4.78, 5) is 0. The van der Waals surface area contributed by atoms with Crippen molar-refractivity contribution in [3.8, 4) is 0 Å². The lowest BCUT2D eigenvalue weighted by molar-refractivity contribution is 1.46. The molecule has 2 aromatic carbocycles. The number of rotatable bonds is 2. The quantitative estimate of drug-likeness (QED) is 0.792. The van der Waals surface area contributed by atoms with Crippen LogP contribution < -0.4 is 10.6 Å². The molecule has 0 saturated heterocycles. The second-order valence-corrected chi connectivity index (χ2v) is 4.72. The molecular formula is C14H13ClN2S. The molecule has 0 amide bonds. The van der Waals surface area contributed by atoms with Crippen LogP contribution in [-0.2, 0) is 0 Å². The highest BCUT2D eigenvalue weighted by molar-refractivity contribution is 7.80. The Morgan fingerprint density at radius 3 is 2.33 bits per heavy atom. The van der Waals surface area contributed by atoms with E-state index in [9.17, 15) is 0 Å². The van der Waals surface area contributed by atoms with Gasteiger partial charge in [-0.2, -0.15) is 0 Å². The molecule has 2 nitrogen and oxygen atoms in total. The van der Waals surface area contributed by atoms with Gasteiger partial charge in [0.15, 0.2) is 5.11 Å². The van der Waals surface area contributed by atoms with Gasteiger partial charge in [-0.3, -0.25) is 0 Å². The summed E-state index contributed by atoms with van der Waals surface area (Å²) in [6.07, 6.45) is 0. The number of aryl methyl sites for hydroxylation is 1. The molecule has 92 valence electrons. The first kappa shape index (κ1) is 12.9. The summed E-state index contributed by atoms with van der Waals surface area (Å²) in [5, 5.41) is 7.46. The van der Waals surface area contributed by atoms with Crippen LogP contribution in [0.25, 0.3) is 0 Å². The van der Waals surface area contributed by atoms with Gasteiger partial charge in [0.2, 0.25) is 0 Å². The molecule has 0 aliphatic carbocycles. The lowest BCUT2D eigenvalue weighted by Crippen LogP contribution is -2.18. The monoisotopic (exact) mass is 276 g/mol. The van der Waals surface area contributed by atoms with Gasteiger partial charge in [-0.25, -0.2) is 0 Å². The molecule has 0 unspecified atom stereocenters. The van der Waals surface area contributed by atoms with E-state index >= 15 is 0 Å². The predicted octanol–water partition coefficient (Wildman–Crippen LogP) is 4.46. The zero-order valence-corrected chi connectivity index (χ0v) is 11.5. The second-order valence-electron chi connectivity index (χ2n) is 3.91. The summed E-state index contributed by atoms with van der Waals surface area (Å²) in [7, 11) is 0. The third-order valence-corrected chi connectivity index (χ3v) is 3.07. The van der Waals surface area contributed by atoms with E-state index in [1.54, 1.807) is 0 Å². The summed E-state index contributed by atoms with van der Waals surface area (Å²) in [6.45, 7) is 1.96. The molecule has 0 radical (unpaired) electrons. The van der Waals surface area contributed by atoms with Crippen molar-refractivity contribution >= 4 is 40.3 Å². The molecule has 2 aromatic rings. The zero-order valence-electron chi connectivity index (χ0n) is 9.91. The van der Waals surface area contributed by atoms with E-state index in [2.05, 4.69) is 10.6 Å². The van der Waals surface area contributed by atoms with Crippen molar-refractivity contribution in [2.45, 2.75) is 6.92 Å². The van der Waals surface area contributed by atoms with Gasteiger partial charge in [0.05, 0.1) is 0 Å². The largest absolute Gasteiger partial charge is 0.332 e. The van der Waals surface area contributed by atoms with Gasteiger partial charge < -0.3 is 10.6 Å². The fourth-order valence-electron chi connectivity index (χ4n) is 1.49. The van der Waals surface area contributed by atoms with Crippen molar-refractivity contribution in [1.29, 1.82) is 0 Å². The van der Waals surface area contributed by atoms with Gasteiger partial charge in [-0.15, -0.1) is 0 Å². The summed E-state index contributed by atoms with van der Waals surface area (Å²) in [5.41, 5.74) is 2.87. The summed E-state index contributed by atoms with van der Waals surface area (Å²) < 4.78 is 0. The molecule has 0 heterocycles. The van der Waals surface area contributed by atoms with Crippen LogP contribution in [0.1, 0.15) is 5.56 Å². The molecule has 4 heteroatoms. The maximum Gasteiger partial charge on any atom is 0.175 e. The van der Waals surface area contributed by atoms with Crippen LogP contribution >= 0.6 is 23.8 Å². The molecule has 0 aliphatic rings. The number of nitrogens with one attached hydrogen (secondary N) is 2. The summed E-state index contributed by atoms with van der Waals surface area (Å²) >= 11 is 11.3. The van der Waals surface area contributed by atoms with E-state index < -0.39 is 0 Å². The van der Waals surface area contributed by atoms with Gasteiger partial charge in [-0.1, -0.05) is 35.9 Å². The van der Waals surface area contributed by atoms with E-state index in [-0.39, 0.29) is 0 Å². The number of anilines is 2. The molecule has 0 saturated carbocycles. The number of benzene rings is 2. The fraction of sp³-hybridized carbons (Fsp3) is 0.0714. The van der Waals surface area contributed by atoms with E-state index in [0.29, 0.717) is 5.11 Å². The van der Waals surface area contributed by atoms with Crippen LogP contribution in [0.5, 0.6) is 0 Å². The lowest BCUT2D eigenvalue weighted by atomic mass is 10.2. The van der Waals surface area contributed by atoms with Crippen molar-refractivity contribution in [3.63, 3.8) is 0 Å². The Kier molecular flexibility index (Phi) is 4.18. The Morgan fingerprint density at radius 1 is 1.00 bits per heavy atom. The maximum atomic E-state index is 6.05. The molecule has 2 rings (SSSR count). The lowest BCUT2D eigenvalue weighted by Gasteiger charge is -2.11. The number of hydrogen-bond donors (Lipinski definition) is 2. The SMILES string of the molecule is Cc1ccc(NC(=S)Nc2ccccc2)cc1Cl. The van der Waals surface area contributed by atoms with Gasteiger partial charge in [-0.05, 0) is 49.0 Å². The average Bonchev–Trinajstić information content (AvgIpc) is 2.35. The van der Waals surface area contributed by atoms with Crippen LogP contribution in [0.2, 0.25) is 5.02 Å². The van der Waals surface area contributed by atoms with Gasteiger partial charge in [0, 0.05) is 16.4 Å². The third-order valence-electron chi connectivity index (χ3n) is 2.46. The van der Waals surface area contributed by atoms with Gasteiger partial charge >= 0.3 is 0 Å². The smallest absolute Gasteiger partial charge is 0.175 e. The maximum absolute atomic E-state index is 6.05. The topological polar surface area (TPSA) is 24.1 Å². The minimum Gasteiger partial charge on any atom is -0.332 e. The van der Waals surface area contributed by atoms with Gasteiger partial charge in [0.25, 0.3) is 0 Å². The number of thiocarbonyl (C=S) groups is 1. The Bertz CT molecular complexity index is 555. The Labute approximate surface area is 117 Å². The number of hydrogen-bond acceptors (Lipinski definition) is 1. The first-order valence-electron chi connectivity index (χ1n) is 5.54. The second kappa shape index (κ2) is 5.85. The Hall–Kier alpha value is -1.58. The fourth-order valence-corrected chi connectivity index (χ4v) is 1.90. The van der Waals surface area contributed by atoms with E-state index in [1.165, 1.54) is 0 Å². The summed E-state index contributed by atoms with van der Waals surface area (Å²) in [6, 6.07) is 15.5. The van der Waals surface area contributed by atoms with Crippen molar-refractivity contribution in [1.82, 2.24) is 0 Å². The number of halogens is 1. The van der Waals surface area contributed by atoms with Crippen LogP contribution in [0, 0.1) is 6.92 Å². The van der Waals surface area contributed by atoms with E-state index in [4.69, 9.17) is 23.8 Å². The van der Waals surface area contributed by atoms with E-state index in [1.807, 2.05) is 55.5 Å².